The summed E-state index contributed by atoms with van der Waals surface area (Å²) in [6, 6.07) is 5.33. The molecule has 108 valence electrons. The number of aromatic nitrogens is 2. The first-order valence-electron chi connectivity index (χ1n) is 6.48. The second kappa shape index (κ2) is 7.02. The van der Waals surface area contributed by atoms with Crippen molar-refractivity contribution in [1.29, 1.82) is 0 Å². The molecule has 6 heteroatoms. The highest BCUT2D eigenvalue weighted by atomic mass is 16.5. The molecule has 1 heterocycles. The van der Waals surface area contributed by atoms with Crippen molar-refractivity contribution >= 4 is 10.9 Å². The van der Waals surface area contributed by atoms with Crippen LogP contribution in [-0.4, -0.2) is 55.3 Å². The molecule has 0 aliphatic heterocycles. The number of ether oxygens (including phenoxy) is 2. The first kappa shape index (κ1) is 14.5. The van der Waals surface area contributed by atoms with Gasteiger partial charge in [0.05, 0.1) is 23.8 Å². The number of benzene rings is 1. The molecule has 2 rings (SSSR count). The van der Waals surface area contributed by atoms with Crippen LogP contribution in [0.15, 0.2) is 29.3 Å². The number of hydrogen-bond acceptors (Lipinski definition) is 5. The Kier molecular flexibility index (Phi) is 5.09. The van der Waals surface area contributed by atoms with Crippen molar-refractivity contribution in [3.8, 4) is 5.75 Å². The molecule has 0 fully saturated rings. The van der Waals surface area contributed by atoms with Gasteiger partial charge >= 0.3 is 0 Å². The molecule has 0 aliphatic rings. The van der Waals surface area contributed by atoms with E-state index in [4.69, 9.17) is 9.47 Å². The molecule has 0 spiro atoms. The lowest BCUT2D eigenvalue weighted by atomic mass is 10.2. The topological polar surface area (TPSA) is 67.5 Å². The second-order valence-corrected chi connectivity index (χ2v) is 4.56. The van der Waals surface area contributed by atoms with Crippen LogP contribution in [0.2, 0.25) is 0 Å². The van der Waals surface area contributed by atoms with Gasteiger partial charge in [0.15, 0.2) is 0 Å². The molecule has 0 amide bonds. The number of aromatic amines is 1. The summed E-state index contributed by atoms with van der Waals surface area (Å²) in [5.41, 5.74) is 0.510. The molecule has 1 N–H and O–H groups in total. The summed E-state index contributed by atoms with van der Waals surface area (Å²) in [6.07, 6.45) is 1.40. The maximum Gasteiger partial charge on any atom is 0.258 e. The summed E-state index contributed by atoms with van der Waals surface area (Å²) in [5, 5.41) is 0.540. The normalized spacial score (nSPS) is 11.2. The molecule has 0 aliphatic carbocycles. The predicted molar refractivity (Wildman–Crippen MR) is 77.2 cm³/mol. The van der Waals surface area contributed by atoms with Gasteiger partial charge in [-0.25, -0.2) is 4.98 Å². The molecular formula is C14H19N3O3. The summed E-state index contributed by atoms with van der Waals surface area (Å²) in [4.78, 5) is 20.4. The zero-order valence-corrected chi connectivity index (χ0v) is 11.8. The molecular weight excluding hydrogens is 258 g/mol. The number of likely N-dealkylation sites (N-methyl/N-ethyl adjacent to an activating group) is 1. The van der Waals surface area contributed by atoms with Crippen LogP contribution in [0.5, 0.6) is 5.75 Å². The average molecular weight is 277 g/mol. The Bertz CT molecular complexity index is 612. The fourth-order valence-corrected chi connectivity index (χ4v) is 1.82. The smallest absolute Gasteiger partial charge is 0.258 e. The number of nitrogens with zero attached hydrogens (tertiary/aromatic N) is 2. The van der Waals surface area contributed by atoms with E-state index in [2.05, 4.69) is 14.9 Å². The molecule has 0 atom stereocenters. The molecule has 0 bridgehead atoms. The van der Waals surface area contributed by atoms with E-state index < -0.39 is 0 Å². The van der Waals surface area contributed by atoms with E-state index in [9.17, 15) is 4.79 Å². The molecule has 0 saturated heterocycles. The third kappa shape index (κ3) is 3.79. The molecule has 6 nitrogen and oxygen atoms in total. The molecule has 2 aromatic rings. The van der Waals surface area contributed by atoms with Gasteiger partial charge in [0.2, 0.25) is 0 Å². The van der Waals surface area contributed by atoms with Gasteiger partial charge in [-0.1, -0.05) is 0 Å². The lowest BCUT2D eigenvalue weighted by Crippen LogP contribution is -2.27. The van der Waals surface area contributed by atoms with Crippen molar-refractivity contribution in [2.75, 3.05) is 40.5 Å². The van der Waals surface area contributed by atoms with Gasteiger partial charge in [-0.15, -0.1) is 0 Å². The van der Waals surface area contributed by atoms with Gasteiger partial charge in [0, 0.05) is 20.2 Å². The van der Waals surface area contributed by atoms with Crippen molar-refractivity contribution in [3.05, 3.63) is 34.9 Å². The first-order chi connectivity index (χ1) is 9.70. The monoisotopic (exact) mass is 277 g/mol. The van der Waals surface area contributed by atoms with E-state index >= 15 is 0 Å². The van der Waals surface area contributed by atoms with Crippen LogP contribution >= 0.6 is 0 Å². The number of fused-ring (bicyclic) bond motifs is 1. The van der Waals surface area contributed by atoms with Gasteiger partial charge in [-0.2, -0.15) is 0 Å². The Morgan fingerprint density at radius 2 is 2.10 bits per heavy atom. The van der Waals surface area contributed by atoms with Crippen LogP contribution in [0.4, 0.5) is 0 Å². The van der Waals surface area contributed by atoms with Crippen LogP contribution in [0.1, 0.15) is 0 Å². The number of nitrogens with one attached hydrogen (secondary N) is 1. The highest BCUT2D eigenvalue weighted by Crippen LogP contribution is 2.15. The number of rotatable bonds is 7. The Balaban J connectivity index is 1.93. The van der Waals surface area contributed by atoms with Crippen LogP contribution < -0.4 is 10.3 Å². The molecule has 20 heavy (non-hydrogen) atoms. The van der Waals surface area contributed by atoms with E-state index in [1.165, 1.54) is 6.33 Å². The minimum Gasteiger partial charge on any atom is -0.492 e. The Morgan fingerprint density at radius 1 is 1.30 bits per heavy atom. The minimum absolute atomic E-state index is 0.155. The highest BCUT2D eigenvalue weighted by molar-refractivity contribution is 5.78. The number of H-pyrrole nitrogens is 1. The summed E-state index contributed by atoms with van der Waals surface area (Å²) in [7, 11) is 3.70. The highest BCUT2D eigenvalue weighted by Gasteiger charge is 2.03. The van der Waals surface area contributed by atoms with E-state index in [1.807, 2.05) is 13.1 Å². The Labute approximate surface area is 117 Å². The minimum atomic E-state index is -0.155. The van der Waals surface area contributed by atoms with Crippen LogP contribution in [0.3, 0.4) is 0 Å². The lowest BCUT2D eigenvalue weighted by Gasteiger charge is -2.16. The van der Waals surface area contributed by atoms with Crippen molar-refractivity contribution in [2.45, 2.75) is 0 Å². The predicted octanol–water partition coefficient (Wildman–Crippen LogP) is 0.880. The van der Waals surface area contributed by atoms with Gasteiger partial charge in [-0.05, 0) is 25.2 Å². The van der Waals surface area contributed by atoms with Crippen molar-refractivity contribution in [1.82, 2.24) is 14.9 Å². The zero-order valence-electron chi connectivity index (χ0n) is 11.8. The van der Waals surface area contributed by atoms with E-state index in [0.29, 0.717) is 29.9 Å². The standard InChI is InChI=1S/C14H19N3O3/c1-17(5-7-19-2)6-8-20-11-3-4-13-12(9-11)14(18)16-10-15-13/h3-4,9-10H,5-8H2,1-2H3,(H,15,16,18). The molecule has 0 radical (unpaired) electrons. The summed E-state index contributed by atoms with van der Waals surface area (Å²) >= 11 is 0. The molecule has 0 saturated carbocycles. The van der Waals surface area contributed by atoms with Crippen LogP contribution in [0.25, 0.3) is 10.9 Å². The van der Waals surface area contributed by atoms with Crippen molar-refractivity contribution < 1.29 is 9.47 Å². The van der Waals surface area contributed by atoms with Gasteiger partial charge in [-0.3, -0.25) is 4.79 Å². The molecule has 1 aromatic heterocycles. The van der Waals surface area contributed by atoms with E-state index in [-0.39, 0.29) is 5.56 Å². The fourth-order valence-electron chi connectivity index (χ4n) is 1.82. The summed E-state index contributed by atoms with van der Waals surface area (Å²) < 4.78 is 10.7. The lowest BCUT2D eigenvalue weighted by molar-refractivity contribution is 0.150. The Hall–Kier alpha value is -1.92. The summed E-state index contributed by atoms with van der Waals surface area (Å²) in [5.74, 6) is 0.677. The summed E-state index contributed by atoms with van der Waals surface area (Å²) in [6.45, 7) is 2.92. The van der Waals surface area contributed by atoms with Gasteiger partial charge < -0.3 is 19.4 Å². The maximum atomic E-state index is 11.7. The van der Waals surface area contributed by atoms with Gasteiger partial charge in [0.1, 0.15) is 12.4 Å². The number of methoxy groups -OCH3 is 1. The second-order valence-electron chi connectivity index (χ2n) is 4.56. The SMILES string of the molecule is COCCN(C)CCOc1ccc2nc[nH]c(=O)c2c1. The molecule has 0 unspecified atom stereocenters. The van der Waals surface area contributed by atoms with Crippen LogP contribution in [-0.2, 0) is 4.74 Å². The van der Waals surface area contributed by atoms with Gasteiger partial charge in [0.25, 0.3) is 5.56 Å². The van der Waals surface area contributed by atoms with Crippen LogP contribution in [0, 0.1) is 0 Å². The van der Waals surface area contributed by atoms with Crippen molar-refractivity contribution in [2.24, 2.45) is 0 Å². The fraction of sp³-hybridized carbons (Fsp3) is 0.429. The quantitative estimate of drug-likeness (QED) is 0.813. The average Bonchev–Trinajstić information content (AvgIpc) is 2.46. The first-order valence-corrected chi connectivity index (χ1v) is 6.48. The Morgan fingerprint density at radius 3 is 2.90 bits per heavy atom. The molecule has 1 aromatic carbocycles. The third-order valence-corrected chi connectivity index (χ3v) is 3.03. The largest absolute Gasteiger partial charge is 0.492 e. The zero-order chi connectivity index (χ0) is 14.4. The third-order valence-electron chi connectivity index (χ3n) is 3.03. The number of hydrogen-bond donors (Lipinski definition) is 1. The van der Waals surface area contributed by atoms with E-state index in [0.717, 1.165) is 13.1 Å². The van der Waals surface area contributed by atoms with Crippen molar-refractivity contribution in [3.63, 3.8) is 0 Å². The van der Waals surface area contributed by atoms with E-state index in [1.54, 1.807) is 19.2 Å². The maximum absolute atomic E-state index is 11.7.